The van der Waals surface area contributed by atoms with Gasteiger partial charge in [0.05, 0.1) is 17.0 Å². The SMILES string of the molecule is CCC(=O)c1cc(C(=O)O)cc2c1O[C@@H](CF)[C@@H]2c1ccccc1. The Balaban J connectivity index is 2.22. The van der Waals surface area contributed by atoms with Gasteiger partial charge in [-0.05, 0) is 17.7 Å². The van der Waals surface area contributed by atoms with Crippen LogP contribution in [0.2, 0.25) is 0 Å². The smallest absolute Gasteiger partial charge is 0.335 e. The van der Waals surface area contributed by atoms with Crippen molar-refractivity contribution >= 4 is 11.8 Å². The van der Waals surface area contributed by atoms with Gasteiger partial charge in [-0.3, -0.25) is 4.79 Å². The second-order valence-electron chi connectivity index (χ2n) is 5.72. The summed E-state index contributed by atoms with van der Waals surface area (Å²) in [5.41, 5.74) is 1.61. The molecule has 1 N–H and O–H groups in total. The van der Waals surface area contributed by atoms with Crippen molar-refractivity contribution in [1.29, 1.82) is 0 Å². The molecular weight excluding hydrogens is 311 g/mol. The number of fused-ring (bicyclic) bond motifs is 1. The Bertz CT molecular complexity index is 785. The normalized spacial score (nSPS) is 18.8. The number of rotatable bonds is 5. The highest BCUT2D eigenvalue weighted by molar-refractivity contribution is 6.02. The molecule has 0 spiro atoms. The maximum Gasteiger partial charge on any atom is 0.335 e. The van der Waals surface area contributed by atoms with Crippen LogP contribution in [0.1, 0.15) is 51.1 Å². The molecule has 0 bridgehead atoms. The Kier molecular flexibility index (Phi) is 4.34. The molecule has 1 heterocycles. The minimum atomic E-state index is -1.13. The minimum absolute atomic E-state index is 0.00888. The Morgan fingerprint density at radius 1 is 1.21 bits per heavy atom. The molecule has 1 aliphatic heterocycles. The van der Waals surface area contributed by atoms with E-state index < -0.39 is 24.7 Å². The molecule has 3 rings (SSSR count). The number of carbonyl (C=O) groups is 2. The van der Waals surface area contributed by atoms with Crippen LogP contribution in [0.3, 0.4) is 0 Å². The molecule has 0 fully saturated rings. The Morgan fingerprint density at radius 2 is 1.92 bits per heavy atom. The van der Waals surface area contributed by atoms with Gasteiger partial charge in [-0.25, -0.2) is 9.18 Å². The Morgan fingerprint density at radius 3 is 2.50 bits per heavy atom. The summed E-state index contributed by atoms with van der Waals surface area (Å²) >= 11 is 0. The number of halogens is 1. The molecule has 124 valence electrons. The maximum atomic E-state index is 13.5. The van der Waals surface area contributed by atoms with E-state index in [1.165, 1.54) is 12.1 Å². The van der Waals surface area contributed by atoms with Crippen LogP contribution < -0.4 is 4.74 Å². The van der Waals surface area contributed by atoms with E-state index in [4.69, 9.17) is 4.74 Å². The minimum Gasteiger partial charge on any atom is -0.486 e. The number of carboxylic acids is 1. The van der Waals surface area contributed by atoms with E-state index in [9.17, 15) is 19.1 Å². The number of benzene rings is 2. The lowest BCUT2D eigenvalue weighted by Crippen LogP contribution is -2.22. The largest absolute Gasteiger partial charge is 0.486 e. The third-order valence-electron chi connectivity index (χ3n) is 4.27. The molecule has 0 aromatic heterocycles. The number of aromatic carboxylic acids is 1. The highest BCUT2D eigenvalue weighted by Crippen LogP contribution is 2.45. The van der Waals surface area contributed by atoms with Gasteiger partial charge in [0.25, 0.3) is 0 Å². The van der Waals surface area contributed by atoms with Crippen LogP contribution in [0.15, 0.2) is 42.5 Å². The van der Waals surface area contributed by atoms with Crippen LogP contribution in [0.4, 0.5) is 4.39 Å². The Labute approximate surface area is 138 Å². The molecule has 24 heavy (non-hydrogen) atoms. The van der Waals surface area contributed by atoms with Crippen molar-refractivity contribution in [2.45, 2.75) is 25.4 Å². The molecule has 0 saturated heterocycles. The highest BCUT2D eigenvalue weighted by atomic mass is 19.1. The highest BCUT2D eigenvalue weighted by Gasteiger charge is 2.38. The molecule has 4 nitrogen and oxygen atoms in total. The fourth-order valence-corrected chi connectivity index (χ4v) is 3.13. The van der Waals surface area contributed by atoms with E-state index in [-0.39, 0.29) is 23.3 Å². The summed E-state index contributed by atoms with van der Waals surface area (Å²) in [5.74, 6) is -1.48. The Hall–Kier alpha value is -2.69. The summed E-state index contributed by atoms with van der Waals surface area (Å²) < 4.78 is 19.3. The summed E-state index contributed by atoms with van der Waals surface area (Å²) in [4.78, 5) is 23.7. The summed E-state index contributed by atoms with van der Waals surface area (Å²) in [6.45, 7) is 0.967. The molecule has 2 aromatic carbocycles. The molecule has 2 atom stereocenters. The first-order chi connectivity index (χ1) is 11.6. The van der Waals surface area contributed by atoms with Crippen molar-refractivity contribution < 1.29 is 23.8 Å². The second kappa shape index (κ2) is 6.43. The second-order valence-corrected chi connectivity index (χ2v) is 5.72. The van der Waals surface area contributed by atoms with Crippen LogP contribution in [0.5, 0.6) is 5.75 Å². The van der Waals surface area contributed by atoms with E-state index in [1.807, 2.05) is 30.3 Å². The van der Waals surface area contributed by atoms with E-state index >= 15 is 0 Å². The van der Waals surface area contributed by atoms with Crippen LogP contribution in [-0.2, 0) is 0 Å². The molecule has 0 radical (unpaired) electrons. The van der Waals surface area contributed by atoms with Gasteiger partial charge in [-0.1, -0.05) is 37.3 Å². The van der Waals surface area contributed by atoms with Crippen molar-refractivity contribution in [2.24, 2.45) is 0 Å². The predicted octanol–water partition coefficient (Wildman–Crippen LogP) is 3.84. The predicted molar refractivity (Wildman–Crippen MR) is 86.7 cm³/mol. The lowest BCUT2D eigenvalue weighted by Gasteiger charge is -2.16. The number of Topliss-reactive ketones (excluding diaryl/α,β-unsaturated/α-hetero) is 1. The molecule has 0 aliphatic carbocycles. The van der Waals surface area contributed by atoms with Gasteiger partial charge in [-0.2, -0.15) is 0 Å². The summed E-state index contributed by atoms with van der Waals surface area (Å²) in [6.07, 6.45) is -0.551. The van der Waals surface area contributed by atoms with Gasteiger partial charge in [-0.15, -0.1) is 0 Å². The van der Waals surface area contributed by atoms with Crippen molar-refractivity contribution in [2.75, 3.05) is 6.67 Å². The van der Waals surface area contributed by atoms with E-state index in [0.717, 1.165) is 5.56 Å². The van der Waals surface area contributed by atoms with Crippen molar-refractivity contribution in [3.8, 4) is 5.75 Å². The van der Waals surface area contributed by atoms with Crippen molar-refractivity contribution in [3.63, 3.8) is 0 Å². The molecule has 2 aromatic rings. The van der Waals surface area contributed by atoms with Gasteiger partial charge >= 0.3 is 5.97 Å². The molecule has 0 amide bonds. The topological polar surface area (TPSA) is 63.6 Å². The van der Waals surface area contributed by atoms with E-state index in [2.05, 4.69) is 0 Å². The molecule has 0 saturated carbocycles. The zero-order chi connectivity index (χ0) is 17.3. The first kappa shape index (κ1) is 16.2. The van der Waals surface area contributed by atoms with Crippen LogP contribution in [0, 0.1) is 0 Å². The first-order valence-electron chi connectivity index (χ1n) is 7.78. The molecular formula is C19H17FO4. The number of hydrogen-bond acceptors (Lipinski definition) is 3. The average molecular weight is 328 g/mol. The van der Waals surface area contributed by atoms with Gasteiger partial charge in [0, 0.05) is 12.0 Å². The number of carboxylic acid groups (broad SMARTS) is 1. The standard InChI is InChI=1S/C19H17FO4/c1-2-15(21)13-8-12(19(22)23)9-14-17(11-6-4-3-5-7-11)16(10-20)24-18(13)14/h3-9,16-17H,2,10H2,1H3,(H,22,23)/t16-,17+/m0/s1. The summed E-state index contributed by atoms with van der Waals surface area (Å²) in [5, 5.41) is 9.35. The monoisotopic (exact) mass is 328 g/mol. The van der Waals surface area contributed by atoms with Gasteiger partial charge in [0.15, 0.2) is 5.78 Å². The molecule has 1 aliphatic rings. The zero-order valence-electron chi connectivity index (χ0n) is 13.2. The number of ether oxygens (including phenoxy) is 1. The quantitative estimate of drug-likeness (QED) is 0.847. The summed E-state index contributed by atoms with van der Waals surface area (Å²) in [7, 11) is 0. The van der Waals surface area contributed by atoms with E-state index in [1.54, 1.807) is 6.92 Å². The number of ketones is 1. The lowest BCUT2D eigenvalue weighted by molar-refractivity contribution is 0.0696. The van der Waals surface area contributed by atoms with Crippen molar-refractivity contribution in [1.82, 2.24) is 0 Å². The van der Waals surface area contributed by atoms with Crippen LogP contribution >= 0.6 is 0 Å². The van der Waals surface area contributed by atoms with E-state index in [0.29, 0.717) is 11.3 Å². The zero-order valence-corrected chi connectivity index (χ0v) is 13.2. The van der Waals surface area contributed by atoms with Crippen LogP contribution in [-0.4, -0.2) is 29.6 Å². The fourth-order valence-electron chi connectivity index (χ4n) is 3.13. The van der Waals surface area contributed by atoms with Gasteiger partial charge < -0.3 is 9.84 Å². The third-order valence-corrected chi connectivity index (χ3v) is 4.27. The molecule has 5 heteroatoms. The fraction of sp³-hybridized carbons (Fsp3) is 0.263. The summed E-state index contributed by atoms with van der Waals surface area (Å²) in [6, 6.07) is 12.0. The third kappa shape index (κ3) is 2.66. The van der Waals surface area contributed by atoms with Gasteiger partial charge in [0.2, 0.25) is 0 Å². The van der Waals surface area contributed by atoms with Gasteiger partial charge in [0.1, 0.15) is 18.5 Å². The lowest BCUT2D eigenvalue weighted by atomic mass is 9.86. The average Bonchev–Trinajstić information content (AvgIpc) is 2.99. The first-order valence-corrected chi connectivity index (χ1v) is 7.78. The van der Waals surface area contributed by atoms with Crippen LogP contribution in [0.25, 0.3) is 0 Å². The molecule has 0 unspecified atom stereocenters. The number of hydrogen-bond donors (Lipinski definition) is 1. The van der Waals surface area contributed by atoms with Crippen molar-refractivity contribution in [3.05, 3.63) is 64.7 Å². The maximum absolute atomic E-state index is 13.5. The number of carbonyl (C=O) groups excluding carboxylic acids is 1. The number of alkyl halides is 1.